The molecule has 6 heteroatoms. The molecule has 0 atom stereocenters. The topological polar surface area (TPSA) is 55.3 Å². The third-order valence-electron chi connectivity index (χ3n) is 4.38. The number of piperidine rings is 1. The molecule has 0 aromatic carbocycles. The van der Waals surface area contributed by atoms with Gasteiger partial charge in [0.15, 0.2) is 5.96 Å². The molecular weight excluding hydrogens is 294 g/mol. The highest BCUT2D eigenvalue weighted by Crippen LogP contribution is 2.28. The Hall–Kier alpha value is -0.850. The SMILES string of the molecule is CN=C(NCCOCC1CC1)N1CCC(OCCCOC)CC1. The minimum Gasteiger partial charge on any atom is -0.385 e. The van der Waals surface area contributed by atoms with Gasteiger partial charge in [0.25, 0.3) is 0 Å². The van der Waals surface area contributed by atoms with Gasteiger partial charge in [0.2, 0.25) is 0 Å². The first-order chi connectivity index (χ1) is 11.3. The van der Waals surface area contributed by atoms with Gasteiger partial charge in [-0.15, -0.1) is 0 Å². The minimum atomic E-state index is 0.378. The zero-order valence-corrected chi connectivity index (χ0v) is 14.8. The Balaban J connectivity index is 1.54. The molecule has 23 heavy (non-hydrogen) atoms. The van der Waals surface area contributed by atoms with Gasteiger partial charge >= 0.3 is 0 Å². The van der Waals surface area contributed by atoms with E-state index in [0.29, 0.717) is 6.10 Å². The summed E-state index contributed by atoms with van der Waals surface area (Å²) >= 11 is 0. The third-order valence-corrected chi connectivity index (χ3v) is 4.38. The fourth-order valence-corrected chi connectivity index (χ4v) is 2.79. The van der Waals surface area contributed by atoms with Crippen molar-refractivity contribution in [2.24, 2.45) is 10.9 Å². The first-order valence-electron chi connectivity index (χ1n) is 8.97. The van der Waals surface area contributed by atoms with E-state index >= 15 is 0 Å². The molecule has 1 saturated carbocycles. The molecule has 0 amide bonds. The van der Waals surface area contributed by atoms with Crippen molar-refractivity contribution in [3.05, 3.63) is 0 Å². The highest BCUT2D eigenvalue weighted by Gasteiger charge is 2.22. The summed E-state index contributed by atoms with van der Waals surface area (Å²) in [6.07, 6.45) is 6.16. The first kappa shape index (κ1) is 18.5. The minimum absolute atomic E-state index is 0.378. The molecule has 0 spiro atoms. The summed E-state index contributed by atoms with van der Waals surface area (Å²) < 4.78 is 16.6. The summed E-state index contributed by atoms with van der Waals surface area (Å²) in [5, 5.41) is 3.40. The Labute approximate surface area is 140 Å². The van der Waals surface area contributed by atoms with Gasteiger partial charge in [0, 0.05) is 53.6 Å². The largest absolute Gasteiger partial charge is 0.385 e. The molecule has 1 saturated heterocycles. The van der Waals surface area contributed by atoms with E-state index < -0.39 is 0 Å². The van der Waals surface area contributed by atoms with Gasteiger partial charge in [-0.05, 0) is 38.0 Å². The number of methoxy groups -OCH3 is 1. The van der Waals surface area contributed by atoms with Crippen molar-refractivity contribution in [1.29, 1.82) is 0 Å². The van der Waals surface area contributed by atoms with E-state index in [-0.39, 0.29) is 0 Å². The quantitative estimate of drug-likeness (QED) is 0.374. The normalized spacial score (nSPS) is 20.1. The molecular formula is C17H33N3O3. The Bertz CT molecular complexity index is 340. The lowest BCUT2D eigenvalue weighted by atomic mass is 10.1. The molecule has 0 aromatic heterocycles. The van der Waals surface area contributed by atoms with E-state index in [9.17, 15) is 0 Å². The number of nitrogens with one attached hydrogen (secondary N) is 1. The van der Waals surface area contributed by atoms with E-state index in [2.05, 4.69) is 15.2 Å². The Morgan fingerprint density at radius 2 is 1.91 bits per heavy atom. The summed E-state index contributed by atoms with van der Waals surface area (Å²) in [6, 6.07) is 0. The molecule has 2 fully saturated rings. The van der Waals surface area contributed by atoms with Crippen LogP contribution in [0, 0.1) is 5.92 Å². The summed E-state index contributed by atoms with van der Waals surface area (Å²) in [7, 11) is 3.58. The maximum Gasteiger partial charge on any atom is 0.193 e. The molecule has 2 rings (SSSR count). The third kappa shape index (κ3) is 7.50. The van der Waals surface area contributed by atoms with Crippen LogP contribution in [0.2, 0.25) is 0 Å². The van der Waals surface area contributed by atoms with Crippen LogP contribution in [-0.2, 0) is 14.2 Å². The highest BCUT2D eigenvalue weighted by atomic mass is 16.5. The van der Waals surface area contributed by atoms with Crippen LogP contribution in [0.3, 0.4) is 0 Å². The molecule has 2 aliphatic rings. The van der Waals surface area contributed by atoms with Crippen molar-refractivity contribution in [1.82, 2.24) is 10.2 Å². The Morgan fingerprint density at radius 1 is 1.13 bits per heavy atom. The van der Waals surface area contributed by atoms with Crippen LogP contribution in [0.25, 0.3) is 0 Å². The maximum atomic E-state index is 5.90. The second-order valence-corrected chi connectivity index (χ2v) is 6.40. The van der Waals surface area contributed by atoms with E-state index in [1.165, 1.54) is 12.8 Å². The number of likely N-dealkylation sites (tertiary alicyclic amines) is 1. The van der Waals surface area contributed by atoms with Crippen molar-refractivity contribution in [2.75, 3.05) is 60.2 Å². The van der Waals surface area contributed by atoms with Gasteiger partial charge in [-0.2, -0.15) is 0 Å². The monoisotopic (exact) mass is 327 g/mol. The number of hydrogen-bond donors (Lipinski definition) is 1. The lowest BCUT2D eigenvalue weighted by molar-refractivity contribution is 0.00984. The molecule has 0 radical (unpaired) electrons. The number of aliphatic imine (C=N–C) groups is 1. The average molecular weight is 327 g/mol. The maximum absolute atomic E-state index is 5.90. The second kappa shape index (κ2) is 10.8. The lowest BCUT2D eigenvalue weighted by Crippen LogP contribution is -2.47. The smallest absolute Gasteiger partial charge is 0.193 e. The van der Waals surface area contributed by atoms with Crippen LogP contribution in [0.15, 0.2) is 4.99 Å². The predicted molar refractivity (Wildman–Crippen MR) is 91.9 cm³/mol. The lowest BCUT2D eigenvalue weighted by Gasteiger charge is -2.34. The number of rotatable bonds is 10. The van der Waals surface area contributed by atoms with Gasteiger partial charge in [-0.3, -0.25) is 4.99 Å². The van der Waals surface area contributed by atoms with Crippen LogP contribution in [0.4, 0.5) is 0 Å². The zero-order chi connectivity index (χ0) is 16.3. The van der Waals surface area contributed by atoms with E-state index in [1.807, 2.05) is 7.05 Å². The van der Waals surface area contributed by atoms with Crippen molar-refractivity contribution in [2.45, 2.75) is 38.2 Å². The number of nitrogens with zero attached hydrogens (tertiary/aromatic N) is 2. The fraction of sp³-hybridized carbons (Fsp3) is 0.941. The van der Waals surface area contributed by atoms with Crippen LogP contribution in [-0.4, -0.2) is 77.2 Å². The predicted octanol–water partition coefficient (Wildman–Crippen LogP) is 1.51. The van der Waals surface area contributed by atoms with Crippen molar-refractivity contribution in [3.8, 4) is 0 Å². The second-order valence-electron chi connectivity index (χ2n) is 6.40. The molecule has 1 aliphatic heterocycles. The first-order valence-corrected chi connectivity index (χ1v) is 8.97. The molecule has 0 aromatic rings. The molecule has 1 aliphatic carbocycles. The molecule has 6 nitrogen and oxygen atoms in total. The van der Waals surface area contributed by atoms with Crippen molar-refractivity contribution in [3.63, 3.8) is 0 Å². The van der Waals surface area contributed by atoms with Gasteiger partial charge in [0.1, 0.15) is 0 Å². The molecule has 1 heterocycles. The standard InChI is InChI=1S/C17H33N3O3/c1-18-17(19-8-13-22-14-15-4-5-15)20-9-6-16(7-10-20)23-12-3-11-21-2/h15-16H,3-14H2,1-2H3,(H,18,19). The summed E-state index contributed by atoms with van der Waals surface area (Å²) in [6.45, 7) is 6.07. The zero-order valence-electron chi connectivity index (χ0n) is 14.8. The molecule has 0 bridgehead atoms. The fourth-order valence-electron chi connectivity index (χ4n) is 2.79. The Morgan fingerprint density at radius 3 is 2.57 bits per heavy atom. The van der Waals surface area contributed by atoms with Gasteiger partial charge in [0.05, 0.1) is 12.7 Å². The van der Waals surface area contributed by atoms with Crippen LogP contribution in [0.5, 0.6) is 0 Å². The highest BCUT2D eigenvalue weighted by molar-refractivity contribution is 5.79. The molecule has 0 unspecified atom stereocenters. The van der Waals surface area contributed by atoms with Crippen molar-refractivity contribution < 1.29 is 14.2 Å². The van der Waals surface area contributed by atoms with Gasteiger partial charge in [-0.1, -0.05) is 0 Å². The van der Waals surface area contributed by atoms with Crippen molar-refractivity contribution >= 4 is 5.96 Å². The van der Waals surface area contributed by atoms with Gasteiger partial charge < -0.3 is 24.4 Å². The van der Waals surface area contributed by atoms with E-state index in [4.69, 9.17) is 14.2 Å². The van der Waals surface area contributed by atoms with E-state index in [1.54, 1.807) is 7.11 Å². The molecule has 1 N–H and O–H groups in total. The van der Waals surface area contributed by atoms with Crippen LogP contribution < -0.4 is 5.32 Å². The van der Waals surface area contributed by atoms with E-state index in [0.717, 1.165) is 77.2 Å². The molecule has 134 valence electrons. The van der Waals surface area contributed by atoms with Gasteiger partial charge in [-0.25, -0.2) is 0 Å². The van der Waals surface area contributed by atoms with Crippen LogP contribution in [0.1, 0.15) is 32.1 Å². The summed E-state index contributed by atoms with van der Waals surface area (Å²) in [5.41, 5.74) is 0. The number of guanidine groups is 1. The Kier molecular flexibility index (Phi) is 8.71. The summed E-state index contributed by atoms with van der Waals surface area (Å²) in [4.78, 5) is 6.70. The average Bonchev–Trinajstić information content (AvgIpc) is 3.40. The van der Waals surface area contributed by atoms with Crippen LogP contribution >= 0.6 is 0 Å². The summed E-state index contributed by atoms with van der Waals surface area (Å²) in [5.74, 6) is 1.81. The number of hydrogen-bond acceptors (Lipinski definition) is 4. The number of ether oxygens (including phenoxy) is 3.